The Kier molecular flexibility index (Phi) is 7.37. The molecule has 0 aliphatic heterocycles. The zero-order valence-electron chi connectivity index (χ0n) is 21.3. The van der Waals surface area contributed by atoms with E-state index in [-0.39, 0.29) is 4.90 Å². The zero-order chi connectivity index (χ0) is 27.2. The van der Waals surface area contributed by atoms with Crippen molar-refractivity contribution >= 4 is 38.9 Å². The maximum absolute atomic E-state index is 12.9. The first-order valence-corrected chi connectivity index (χ1v) is 13.6. The number of para-hydroxylation sites is 1. The highest BCUT2D eigenvalue weighted by atomic mass is 32.2. The number of nitrogens with zero attached hydrogens (tertiary/aromatic N) is 3. The number of nitrogens with one attached hydrogen (secondary N) is 3. The van der Waals surface area contributed by atoms with Gasteiger partial charge < -0.3 is 15.4 Å². The van der Waals surface area contributed by atoms with Gasteiger partial charge in [-0.2, -0.15) is 0 Å². The van der Waals surface area contributed by atoms with Crippen LogP contribution in [0.3, 0.4) is 0 Å². The van der Waals surface area contributed by atoms with Crippen molar-refractivity contribution in [2.45, 2.75) is 18.7 Å². The van der Waals surface area contributed by atoms with Gasteiger partial charge in [-0.3, -0.25) is 4.72 Å². The number of rotatable bonds is 9. The molecule has 3 aromatic carbocycles. The van der Waals surface area contributed by atoms with Gasteiger partial charge >= 0.3 is 0 Å². The Morgan fingerprint density at radius 2 is 1.31 bits per heavy atom. The molecule has 0 bridgehead atoms. The number of hydrogen-bond donors (Lipinski definition) is 3. The number of anilines is 5. The fourth-order valence-corrected chi connectivity index (χ4v) is 4.79. The summed E-state index contributed by atoms with van der Waals surface area (Å²) < 4.78 is 34.1. The standard InChI is InChI=1S/C29H26N6O3S/c1-20-16-17-30-27(18-20)34-29-19-28(31-21(2)32-29)33-22-8-10-23(11-9-22)35-39(36,37)26-14-12-25(13-15-26)38-24-6-4-3-5-7-24/h3-19,35H,1-2H3,(H2,30,31,32,33,34). The molecule has 0 unspecified atom stereocenters. The molecule has 5 aromatic rings. The summed E-state index contributed by atoms with van der Waals surface area (Å²) in [5.41, 5.74) is 2.25. The summed E-state index contributed by atoms with van der Waals surface area (Å²) >= 11 is 0. The van der Waals surface area contributed by atoms with Crippen LogP contribution in [-0.4, -0.2) is 23.4 Å². The topological polar surface area (TPSA) is 118 Å². The van der Waals surface area contributed by atoms with Crippen LogP contribution in [-0.2, 0) is 10.0 Å². The van der Waals surface area contributed by atoms with Crippen molar-refractivity contribution in [3.05, 3.63) is 115 Å². The molecule has 9 nitrogen and oxygen atoms in total. The number of benzene rings is 3. The number of pyridine rings is 1. The van der Waals surface area contributed by atoms with Gasteiger partial charge in [0, 0.05) is 23.6 Å². The Morgan fingerprint density at radius 3 is 2.00 bits per heavy atom. The van der Waals surface area contributed by atoms with E-state index in [1.807, 2.05) is 49.4 Å². The van der Waals surface area contributed by atoms with Crippen LogP contribution >= 0.6 is 0 Å². The summed E-state index contributed by atoms with van der Waals surface area (Å²) in [5.74, 6) is 3.68. The van der Waals surface area contributed by atoms with Crippen molar-refractivity contribution in [2.75, 3.05) is 15.4 Å². The quantitative estimate of drug-likeness (QED) is 0.193. The van der Waals surface area contributed by atoms with Crippen LogP contribution in [0.1, 0.15) is 11.4 Å². The summed E-state index contributed by atoms with van der Waals surface area (Å²) in [6, 6.07) is 28.1. The molecule has 0 aliphatic rings. The molecule has 0 saturated heterocycles. The maximum Gasteiger partial charge on any atom is 0.261 e. The summed E-state index contributed by atoms with van der Waals surface area (Å²) in [7, 11) is -3.78. The molecule has 3 N–H and O–H groups in total. The van der Waals surface area contributed by atoms with E-state index < -0.39 is 10.0 Å². The second-order valence-electron chi connectivity index (χ2n) is 8.72. The Morgan fingerprint density at radius 1 is 0.667 bits per heavy atom. The fourth-order valence-electron chi connectivity index (χ4n) is 3.73. The van der Waals surface area contributed by atoms with Crippen LogP contribution in [0.25, 0.3) is 0 Å². The lowest BCUT2D eigenvalue weighted by atomic mass is 10.3. The van der Waals surface area contributed by atoms with Crippen LogP contribution in [0, 0.1) is 13.8 Å². The smallest absolute Gasteiger partial charge is 0.261 e. The molecule has 196 valence electrons. The van der Waals surface area contributed by atoms with E-state index >= 15 is 0 Å². The molecular weight excluding hydrogens is 512 g/mol. The lowest BCUT2D eigenvalue weighted by molar-refractivity contribution is 0.482. The van der Waals surface area contributed by atoms with E-state index in [0.717, 1.165) is 11.3 Å². The zero-order valence-corrected chi connectivity index (χ0v) is 22.1. The minimum atomic E-state index is -3.78. The molecule has 0 radical (unpaired) electrons. The van der Waals surface area contributed by atoms with Gasteiger partial charge in [0.2, 0.25) is 0 Å². The van der Waals surface area contributed by atoms with Gasteiger partial charge in [0.05, 0.1) is 4.90 Å². The van der Waals surface area contributed by atoms with E-state index in [1.165, 1.54) is 12.1 Å². The molecular formula is C29H26N6O3S. The molecule has 0 atom stereocenters. The average molecular weight is 539 g/mol. The predicted octanol–water partition coefficient (Wildman–Crippen LogP) is 6.57. The number of aryl methyl sites for hydroxylation is 2. The first-order valence-electron chi connectivity index (χ1n) is 12.1. The highest BCUT2D eigenvalue weighted by molar-refractivity contribution is 7.92. The first kappa shape index (κ1) is 25.7. The second-order valence-corrected chi connectivity index (χ2v) is 10.4. The van der Waals surface area contributed by atoms with Crippen molar-refractivity contribution in [1.82, 2.24) is 15.0 Å². The van der Waals surface area contributed by atoms with Crippen LogP contribution < -0.4 is 20.1 Å². The van der Waals surface area contributed by atoms with Crippen LogP contribution in [0.15, 0.2) is 108 Å². The van der Waals surface area contributed by atoms with Gasteiger partial charge in [-0.25, -0.2) is 23.4 Å². The number of sulfonamides is 1. The molecule has 0 amide bonds. The highest BCUT2D eigenvalue weighted by Crippen LogP contribution is 2.25. The van der Waals surface area contributed by atoms with Crippen molar-refractivity contribution in [1.29, 1.82) is 0 Å². The maximum atomic E-state index is 12.9. The lowest BCUT2D eigenvalue weighted by Gasteiger charge is -2.12. The van der Waals surface area contributed by atoms with Crippen LogP contribution in [0.4, 0.5) is 28.8 Å². The third-order valence-electron chi connectivity index (χ3n) is 5.53. The first-order chi connectivity index (χ1) is 18.8. The minimum Gasteiger partial charge on any atom is -0.457 e. The third kappa shape index (κ3) is 6.88. The van der Waals surface area contributed by atoms with E-state index in [9.17, 15) is 8.42 Å². The van der Waals surface area contributed by atoms with Gasteiger partial charge in [-0.15, -0.1) is 0 Å². The summed E-state index contributed by atoms with van der Waals surface area (Å²) in [4.78, 5) is 13.3. The highest BCUT2D eigenvalue weighted by Gasteiger charge is 2.14. The van der Waals surface area contributed by atoms with Crippen molar-refractivity contribution < 1.29 is 13.2 Å². The summed E-state index contributed by atoms with van der Waals surface area (Å²) in [5, 5.41) is 6.42. The average Bonchev–Trinajstić information content (AvgIpc) is 2.90. The van der Waals surface area contributed by atoms with E-state index in [0.29, 0.717) is 40.5 Å². The Hall–Kier alpha value is -4.96. The molecule has 5 rings (SSSR count). The van der Waals surface area contributed by atoms with Gasteiger partial charge in [-0.05, 0) is 92.2 Å². The van der Waals surface area contributed by atoms with Gasteiger partial charge in [0.15, 0.2) is 0 Å². The molecule has 0 aliphatic carbocycles. The minimum absolute atomic E-state index is 0.129. The SMILES string of the molecule is Cc1ccnc(Nc2cc(Nc3ccc(NS(=O)(=O)c4ccc(Oc5ccccc5)cc4)cc3)nc(C)n2)c1. The molecule has 39 heavy (non-hydrogen) atoms. The van der Waals surface area contributed by atoms with E-state index in [4.69, 9.17) is 4.74 Å². The molecule has 0 fully saturated rings. The normalized spacial score (nSPS) is 11.0. The van der Waals surface area contributed by atoms with E-state index in [2.05, 4.69) is 30.3 Å². The Balaban J connectivity index is 1.23. The van der Waals surface area contributed by atoms with E-state index in [1.54, 1.807) is 55.6 Å². The second kappa shape index (κ2) is 11.2. The van der Waals surface area contributed by atoms with Crippen molar-refractivity contribution in [3.63, 3.8) is 0 Å². The molecule has 0 spiro atoms. The molecule has 0 saturated carbocycles. The molecule has 10 heteroatoms. The van der Waals surface area contributed by atoms with Crippen molar-refractivity contribution in [2.24, 2.45) is 0 Å². The Bertz CT molecular complexity index is 1680. The van der Waals surface area contributed by atoms with Crippen LogP contribution in [0.5, 0.6) is 11.5 Å². The molecule has 2 aromatic heterocycles. The van der Waals surface area contributed by atoms with Crippen LogP contribution in [0.2, 0.25) is 0 Å². The Labute approximate surface area is 227 Å². The van der Waals surface area contributed by atoms with Crippen molar-refractivity contribution in [3.8, 4) is 11.5 Å². The lowest BCUT2D eigenvalue weighted by Crippen LogP contribution is -2.12. The monoisotopic (exact) mass is 538 g/mol. The van der Waals surface area contributed by atoms with Gasteiger partial charge in [0.1, 0.15) is 34.8 Å². The molecule has 2 heterocycles. The largest absolute Gasteiger partial charge is 0.457 e. The third-order valence-corrected chi connectivity index (χ3v) is 6.93. The summed E-state index contributed by atoms with van der Waals surface area (Å²) in [6.45, 7) is 3.80. The summed E-state index contributed by atoms with van der Waals surface area (Å²) in [6.07, 6.45) is 1.73. The number of ether oxygens (including phenoxy) is 1. The van der Waals surface area contributed by atoms with Gasteiger partial charge in [-0.1, -0.05) is 18.2 Å². The predicted molar refractivity (Wildman–Crippen MR) is 153 cm³/mol. The fraction of sp³-hybridized carbons (Fsp3) is 0.0690. The number of aromatic nitrogens is 3. The number of hydrogen-bond acceptors (Lipinski definition) is 8. The van der Waals surface area contributed by atoms with Gasteiger partial charge in [0.25, 0.3) is 10.0 Å².